The molecule has 0 aromatic heterocycles. The van der Waals surface area contributed by atoms with Gasteiger partial charge < -0.3 is 4.43 Å². The molecular weight excluding hydrogens is 252 g/mol. The van der Waals surface area contributed by atoms with Gasteiger partial charge in [-0.2, -0.15) is 0 Å². The average Bonchev–Trinajstić information content (AvgIpc) is 2.10. The highest BCUT2D eigenvalue weighted by Gasteiger charge is 2.46. The van der Waals surface area contributed by atoms with Gasteiger partial charge in [0.25, 0.3) is 0 Å². The van der Waals surface area contributed by atoms with E-state index in [1.807, 2.05) is 6.92 Å². The lowest BCUT2D eigenvalue weighted by atomic mass is 10.3. The van der Waals surface area contributed by atoms with Gasteiger partial charge in [-0.3, -0.25) is 4.79 Å². The smallest absolute Gasteiger partial charge is 0.224 e. The van der Waals surface area contributed by atoms with Gasteiger partial charge in [-0.25, -0.2) is 0 Å². The molecule has 0 aliphatic heterocycles. The largest absolute Gasteiger partial charge is 0.413 e. The predicted octanol–water partition coefficient (Wildman–Crippen LogP) is 4.72. The molecule has 0 aliphatic rings. The summed E-state index contributed by atoms with van der Waals surface area (Å²) in [6.07, 6.45) is 0.238. The fourth-order valence-electron chi connectivity index (χ4n) is 3.02. The fraction of sp³-hybridized carbons (Fsp3) is 0.923. The second-order valence-corrected chi connectivity index (χ2v) is 11.6. The SMILES string of the molecule is CC(CC(=O)Cl)O[Si](C(C)C)(C(C)C)C(C)C. The van der Waals surface area contributed by atoms with E-state index in [-0.39, 0.29) is 11.3 Å². The Labute approximate surface area is 112 Å². The third-order valence-corrected chi connectivity index (χ3v) is 9.94. The zero-order valence-corrected chi connectivity index (χ0v) is 14.0. The van der Waals surface area contributed by atoms with E-state index in [2.05, 4.69) is 41.5 Å². The van der Waals surface area contributed by atoms with Gasteiger partial charge in [-0.15, -0.1) is 0 Å². The molecule has 0 heterocycles. The van der Waals surface area contributed by atoms with Crippen molar-refractivity contribution in [2.45, 2.75) is 77.6 Å². The Bertz CT molecular complexity index is 230. The van der Waals surface area contributed by atoms with Crippen molar-refractivity contribution in [3.05, 3.63) is 0 Å². The topological polar surface area (TPSA) is 26.3 Å². The molecule has 0 radical (unpaired) electrons. The van der Waals surface area contributed by atoms with E-state index in [1.165, 1.54) is 0 Å². The number of carbonyl (C=O) groups is 1. The summed E-state index contributed by atoms with van der Waals surface area (Å²) in [4.78, 5) is 11.0. The number of hydrogen-bond acceptors (Lipinski definition) is 2. The summed E-state index contributed by atoms with van der Waals surface area (Å²) in [5, 5.41) is -0.309. The van der Waals surface area contributed by atoms with E-state index >= 15 is 0 Å². The molecule has 0 aromatic rings. The molecule has 0 aromatic carbocycles. The molecule has 0 aliphatic carbocycles. The molecule has 0 bridgehead atoms. The van der Waals surface area contributed by atoms with E-state index < -0.39 is 8.32 Å². The number of rotatable bonds is 7. The lowest BCUT2D eigenvalue weighted by Gasteiger charge is -2.44. The molecule has 0 spiro atoms. The van der Waals surface area contributed by atoms with Gasteiger partial charge in [-0.05, 0) is 35.1 Å². The molecule has 1 atom stereocenters. The molecular formula is C13H27ClO2Si. The fourth-order valence-corrected chi connectivity index (χ4v) is 8.84. The van der Waals surface area contributed by atoms with Crippen LogP contribution in [0.3, 0.4) is 0 Å². The highest BCUT2D eigenvalue weighted by molar-refractivity contribution is 6.77. The average molecular weight is 279 g/mol. The quantitative estimate of drug-likeness (QED) is 0.497. The summed E-state index contributed by atoms with van der Waals surface area (Å²) < 4.78 is 6.37. The zero-order chi connectivity index (χ0) is 13.8. The van der Waals surface area contributed by atoms with Crippen molar-refractivity contribution in [1.82, 2.24) is 0 Å². The van der Waals surface area contributed by atoms with Gasteiger partial charge in [0.05, 0.1) is 6.10 Å². The van der Waals surface area contributed by atoms with Crippen molar-refractivity contribution in [3.8, 4) is 0 Å². The van der Waals surface area contributed by atoms with E-state index in [1.54, 1.807) is 0 Å². The first kappa shape index (κ1) is 17.1. The Morgan fingerprint density at radius 3 is 1.59 bits per heavy atom. The Morgan fingerprint density at radius 1 is 1.00 bits per heavy atom. The van der Waals surface area contributed by atoms with Crippen molar-refractivity contribution < 1.29 is 9.22 Å². The Hall–Kier alpha value is 0.137. The van der Waals surface area contributed by atoms with Crippen molar-refractivity contribution in [2.75, 3.05) is 0 Å². The lowest BCUT2D eigenvalue weighted by molar-refractivity contribution is -0.113. The van der Waals surface area contributed by atoms with Crippen molar-refractivity contribution in [2.24, 2.45) is 0 Å². The first-order valence-electron chi connectivity index (χ1n) is 6.50. The molecule has 0 N–H and O–H groups in total. The zero-order valence-electron chi connectivity index (χ0n) is 12.2. The maximum Gasteiger partial charge on any atom is 0.224 e. The molecule has 102 valence electrons. The van der Waals surface area contributed by atoms with Gasteiger partial charge in [0.2, 0.25) is 13.6 Å². The molecule has 17 heavy (non-hydrogen) atoms. The van der Waals surface area contributed by atoms with Crippen LogP contribution in [0.5, 0.6) is 0 Å². The minimum atomic E-state index is -1.87. The molecule has 0 saturated heterocycles. The van der Waals surface area contributed by atoms with Crippen molar-refractivity contribution in [3.63, 3.8) is 0 Å². The van der Waals surface area contributed by atoms with Crippen molar-refractivity contribution >= 4 is 25.2 Å². The Morgan fingerprint density at radius 2 is 1.35 bits per heavy atom. The third-order valence-electron chi connectivity index (χ3n) is 3.56. The van der Waals surface area contributed by atoms with Crippen LogP contribution < -0.4 is 0 Å². The number of halogens is 1. The van der Waals surface area contributed by atoms with Gasteiger partial charge in [0.1, 0.15) is 0 Å². The summed E-state index contributed by atoms with van der Waals surface area (Å²) in [6.45, 7) is 15.4. The van der Waals surface area contributed by atoms with Gasteiger partial charge in [0.15, 0.2) is 0 Å². The van der Waals surface area contributed by atoms with E-state index in [0.717, 1.165) is 0 Å². The van der Waals surface area contributed by atoms with E-state index in [4.69, 9.17) is 16.0 Å². The summed E-state index contributed by atoms with van der Waals surface area (Å²) in [5.74, 6) is 0. The van der Waals surface area contributed by atoms with Crippen LogP contribution in [0.15, 0.2) is 0 Å². The Balaban J connectivity index is 4.98. The molecule has 1 unspecified atom stereocenters. The second-order valence-electron chi connectivity index (χ2n) is 5.81. The number of carbonyl (C=O) groups excluding carboxylic acids is 1. The van der Waals surface area contributed by atoms with Gasteiger partial charge in [0, 0.05) is 6.42 Å². The third kappa shape index (κ3) is 4.38. The van der Waals surface area contributed by atoms with Crippen LogP contribution in [0, 0.1) is 0 Å². The maximum atomic E-state index is 11.0. The molecule has 0 amide bonds. The second kappa shape index (κ2) is 6.91. The van der Waals surface area contributed by atoms with Gasteiger partial charge >= 0.3 is 0 Å². The molecule has 0 rings (SSSR count). The molecule has 4 heteroatoms. The lowest BCUT2D eigenvalue weighted by Crippen LogP contribution is -2.49. The van der Waals surface area contributed by atoms with E-state index in [9.17, 15) is 4.79 Å². The van der Waals surface area contributed by atoms with Crippen LogP contribution in [0.1, 0.15) is 54.9 Å². The van der Waals surface area contributed by atoms with Crippen LogP contribution in [-0.4, -0.2) is 19.7 Å². The van der Waals surface area contributed by atoms with Crippen LogP contribution in [0.2, 0.25) is 16.6 Å². The highest BCUT2D eigenvalue weighted by Crippen LogP contribution is 2.43. The normalized spacial score (nSPS) is 14.8. The molecule has 0 saturated carbocycles. The van der Waals surface area contributed by atoms with Crippen molar-refractivity contribution in [1.29, 1.82) is 0 Å². The highest BCUT2D eigenvalue weighted by atomic mass is 35.5. The van der Waals surface area contributed by atoms with E-state index in [0.29, 0.717) is 23.0 Å². The molecule has 2 nitrogen and oxygen atoms in total. The van der Waals surface area contributed by atoms with Crippen LogP contribution in [0.25, 0.3) is 0 Å². The standard InChI is InChI=1S/C13H27ClO2Si/c1-9(2)17(10(3)4,11(5)6)16-12(7)8-13(14)15/h9-12H,8H2,1-7H3. The summed E-state index contributed by atoms with van der Waals surface area (Å²) >= 11 is 5.44. The van der Waals surface area contributed by atoms with Crippen LogP contribution in [-0.2, 0) is 9.22 Å². The summed E-state index contributed by atoms with van der Waals surface area (Å²) in [5.41, 5.74) is 1.61. The Kier molecular flexibility index (Phi) is 6.96. The van der Waals surface area contributed by atoms with Crippen LogP contribution in [0.4, 0.5) is 0 Å². The van der Waals surface area contributed by atoms with Gasteiger partial charge in [-0.1, -0.05) is 41.5 Å². The van der Waals surface area contributed by atoms with Crippen LogP contribution >= 0.6 is 11.6 Å². The minimum absolute atomic E-state index is 0.0705. The number of hydrogen-bond donors (Lipinski definition) is 0. The maximum absolute atomic E-state index is 11.0. The first-order valence-corrected chi connectivity index (χ1v) is 9.02. The predicted molar refractivity (Wildman–Crippen MR) is 77.1 cm³/mol. The molecule has 0 fully saturated rings. The first-order chi connectivity index (χ1) is 7.64. The summed E-state index contributed by atoms with van der Waals surface area (Å²) in [6, 6.07) is 0. The monoisotopic (exact) mass is 278 g/mol. The minimum Gasteiger partial charge on any atom is -0.413 e. The summed E-state index contributed by atoms with van der Waals surface area (Å²) in [7, 11) is -1.87.